The van der Waals surface area contributed by atoms with Crippen molar-refractivity contribution in [3.8, 4) is 0 Å². The fraction of sp³-hybridized carbons (Fsp3) is 0.214. The third kappa shape index (κ3) is 2.67. The molecule has 0 aliphatic rings. The Morgan fingerprint density at radius 1 is 1.18 bits per heavy atom. The number of carbonyl (C=O) groups is 1. The van der Waals surface area contributed by atoms with Gasteiger partial charge in [-0.25, -0.2) is 0 Å². The van der Waals surface area contributed by atoms with Crippen LogP contribution >= 0.6 is 15.9 Å². The Bertz CT molecular complexity index is 538. The van der Waals surface area contributed by atoms with Gasteiger partial charge in [0.05, 0.1) is 0 Å². The minimum Gasteiger partial charge on any atom is -0.341 e. The van der Waals surface area contributed by atoms with Crippen LogP contribution in [-0.2, 0) is 0 Å². The molecule has 0 N–H and O–H groups in total. The van der Waals surface area contributed by atoms with Crippen molar-refractivity contribution in [3.63, 3.8) is 0 Å². The van der Waals surface area contributed by atoms with Crippen molar-refractivity contribution in [3.05, 3.63) is 48.0 Å². The van der Waals surface area contributed by atoms with E-state index in [9.17, 15) is 4.79 Å². The van der Waals surface area contributed by atoms with Crippen LogP contribution in [0.15, 0.2) is 42.5 Å². The van der Waals surface area contributed by atoms with Gasteiger partial charge in [0.1, 0.15) is 0 Å². The van der Waals surface area contributed by atoms with Gasteiger partial charge in [-0.05, 0) is 22.9 Å². The van der Waals surface area contributed by atoms with Crippen LogP contribution in [-0.4, -0.2) is 29.7 Å². The van der Waals surface area contributed by atoms with Gasteiger partial charge in [0.25, 0.3) is 5.91 Å². The second-order valence-corrected chi connectivity index (χ2v) is 4.77. The van der Waals surface area contributed by atoms with Gasteiger partial charge < -0.3 is 4.90 Å². The standard InChI is InChI=1S/C14H14BrNO/c1-16(9-8-15)14(17)13-7-6-11-4-2-3-5-12(11)10-13/h2-7,10H,8-9H2,1H3. The number of halogens is 1. The molecule has 2 aromatic rings. The van der Waals surface area contributed by atoms with Gasteiger partial charge in [-0.3, -0.25) is 4.79 Å². The van der Waals surface area contributed by atoms with Crippen LogP contribution < -0.4 is 0 Å². The lowest BCUT2D eigenvalue weighted by Crippen LogP contribution is -2.28. The number of fused-ring (bicyclic) bond motifs is 1. The molecular formula is C14H14BrNO. The molecule has 0 aromatic heterocycles. The summed E-state index contributed by atoms with van der Waals surface area (Å²) < 4.78 is 0. The van der Waals surface area contributed by atoms with E-state index in [1.807, 2.05) is 49.5 Å². The van der Waals surface area contributed by atoms with E-state index in [1.54, 1.807) is 4.90 Å². The molecule has 3 heteroatoms. The van der Waals surface area contributed by atoms with Crippen molar-refractivity contribution in [2.75, 3.05) is 18.9 Å². The fourth-order valence-corrected chi connectivity index (χ4v) is 2.30. The molecule has 1 amide bonds. The summed E-state index contributed by atoms with van der Waals surface area (Å²) in [5, 5.41) is 3.06. The molecule has 0 saturated carbocycles. The summed E-state index contributed by atoms with van der Waals surface area (Å²) in [6, 6.07) is 13.9. The van der Waals surface area contributed by atoms with E-state index in [0.29, 0.717) is 6.54 Å². The highest BCUT2D eigenvalue weighted by atomic mass is 79.9. The second kappa shape index (κ2) is 5.32. The maximum Gasteiger partial charge on any atom is 0.253 e. The Kier molecular flexibility index (Phi) is 3.79. The smallest absolute Gasteiger partial charge is 0.253 e. The Morgan fingerprint density at radius 3 is 2.59 bits per heavy atom. The summed E-state index contributed by atoms with van der Waals surface area (Å²) in [5.41, 5.74) is 0.743. The number of rotatable bonds is 3. The Morgan fingerprint density at radius 2 is 1.88 bits per heavy atom. The van der Waals surface area contributed by atoms with Crippen LogP contribution in [0, 0.1) is 0 Å². The van der Waals surface area contributed by atoms with E-state index >= 15 is 0 Å². The zero-order valence-corrected chi connectivity index (χ0v) is 11.3. The first-order valence-corrected chi connectivity index (χ1v) is 6.65. The van der Waals surface area contributed by atoms with E-state index in [-0.39, 0.29) is 5.91 Å². The second-order valence-electron chi connectivity index (χ2n) is 3.98. The quantitative estimate of drug-likeness (QED) is 0.795. The summed E-state index contributed by atoms with van der Waals surface area (Å²) in [5.74, 6) is 0.0650. The number of carbonyl (C=O) groups excluding carboxylic acids is 1. The molecule has 0 fully saturated rings. The van der Waals surface area contributed by atoms with Crippen molar-refractivity contribution >= 4 is 32.6 Å². The molecule has 0 aliphatic carbocycles. The summed E-state index contributed by atoms with van der Waals surface area (Å²) in [7, 11) is 1.82. The maximum absolute atomic E-state index is 12.1. The van der Waals surface area contributed by atoms with E-state index in [0.717, 1.165) is 21.7 Å². The normalized spacial score (nSPS) is 10.5. The lowest BCUT2D eigenvalue weighted by Gasteiger charge is -2.15. The minimum absolute atomic E-state index is 0.0650. The zero-order chi connectivity index (χ0) is 12.3. The van der Waals surface area contributed by atoms with E-state index in [2.05, 4.69) is 15.9 Å². The lowest BCUT2D eigenvalue weighted by molar-refractivity contribution is 0.0804. The summed E-state index contributed by atoms with van der Waals surface area (Å²) >= 11 is 3.34. The molecule has 17 heavy (non-hydrogen) atoms. The Labute approximate surface area is 109 Å². The monoisotopic (exact) mass is 291 g/mol. The number of amides is 1. The zero-order valence-electron chi connectivity index (χ0n) is 9.69. The number of benzene rings is 2. The third-order valence-corrected chi connectivity index (χ3v) is 3.12. The summed E-state index contributed by atoms with van der Waals surface area (Å²) in [6.45, 7) is 0.714. The lowest BCUT2D eigenvalue weighted by atomic mass is 10.1. The molecule has 2 aromatic carbocycles. The van der Waals surface area contributed by atoms with Crippen molar-refractivity contribution in [1.29, 1.82) is 0 Å². The van der Waals surface area contributed by atoms with Crippen LogP contribution in [0.5, 0.6) is 0 Å². The van der Waals surface area contributed by atoms with Crippen molar-refractivity contribution in [2.24, 2.45) is 0 Å². The van der Waals surface area contributed by atoms with Gasteiger partial charge in [-0.2, -0.15) is 0 Å². The Hall–Kier alpha value is -1.35. The van der Waals surface area contributed by atoms with Crippen LogP contribution in [0.3, 0.4) is 0 Å². The van der Waals surface area contributed by atoms with Gasteiger partial charge >= 0.3 is 0 Å². The maximum atomic E-state index is 12.1. The van der Waals surface area contributed by atoms with Crippen LogP contribution in [0.25, 0.3) is 10.8 Å². The largest absolute Gasteiger partial charge is 0.341 e. The number of alkyl halides is 1. The Balaban J connectivity index is 2.33. The molecule has 0 atom stereocenters. The van der Waals surface area contributed by atoms with Crippen LogP contribution in [0.2, 0.25) is 0 Å². The van der Waals surface area contributed by atoms with Gasteiger partial charge in [0, 0.05) is 24.5 Å². The van der Waals surface area contributed by atoms with Crippen molar-refractivity contribution in [1.82, 2.24) is 4.90 Å². The highest BCUT2D eigenvalue weighted by Gasteiger charge is 2.10. The van der Waals surface area contributed by atoms with Gasteiger partial charge in [-0.15, -0.1) is 0 Å². The molecule has 0 aliphatic heterocycles. The van der Waals surface area contributed by atoms with E-state index < -0.39 is 0 Å². The molecule has 0 radical (unpaired) electrons. The predicted octanol–water partition coefficient (Wildman–Crippen LogP) is 3.31. The van der Waals surface area contributed by atoms with Gasteiger partial charge in [-0.1, -0.05) is 46.3 Å². The molecule has 0 heterocycles. The molecule has 0 unspecified atom stereocenters. The molecule has 0 saturated heterocycles. The molecule has 2 rings (SSSR count). The molecule has 88 valence electrons. The fourth-order valence-electron chi connectivity index (χ4n) is 1.77. The summed E-state index contributed by atoms with van der Waals surface area (Å²) in [6.07, 6.45) is 0. The van der Waals surface area contributed by atoms with Crippen LogP contribution in [0.4, 0.5) is 0 Å². The minimum atomic E-state index is 0.0650. The van der Waals surface area contributed by atoms with Gasteiger partial charge in [0.2, 0.25) is 0 Å². The number of nitrogens with zero attached hydrogens (tertiary/aromatic N) is 1. The van der Waals surface area contributed by atoms with Crippen LogP contribution in [0.1, 0.15) is 10.4 Å². The van der Waals surface area contributed by atoms with Crippen molar-refractivity contribution in [2.45, 2.75) is 0 Å². The molecular weight excluding hydrogens is 278 g/mol. The highest BCUT2D eigenvalue weighted by Crippen LogP contribution is 2.16. The van der Waals surface area contributed by atoms with Gasteiger partial charge in [0.15, 0.2) is 0 Å². The van der Waals surface area contributed by atoms with E-state index in [1.165, 1.54) is 0 Å². The molecule has 2 nitrogen and oxygen atoms in total. The third-order valence-electron chi connectivity index (χ3n) is 2.76. The summed E-state index contributed by atoms with van der Waals surface area (Å²) in [4.78, 5) is 13.8. The van der Waals surface area contributed by atoms with E-state index in [4.69, 9.17) is 0 Å². The highest BCUT2D eigenvalue weighted by molar-refractivity contribution is 9.09. The predicted molar refractivity (Wildman–Crippen MR) is 74.7 cm³/mol. The molecule has 0 bridgehead atoms. The van der Waals surface area contributed by atoms with Crippen molar-refractivity contribution < 1.29 is 4.79 Å². The average molecular weight is 292 g/mol. The average Bonchev–Trinajstić information content (AvgIpc) is 2.37. The first-order valence-electron chi connectivity index (χ1n) is 5.52. The topological polar surface area (TPSA) is 20.3 Å². The first-order chi connectivity index (χ1) is 8.22. The first kappa shape index (κ1) is 12.1. The number of hydrogen-bond acceptors (Lipinski definition) is 1. The molecule has 0 spiro atoms. The SMILES string of the molecule is CN(CCBr)C(=O)c1ccc2ccccc2c1. The number of hydrogen-bond donors (Lipinski definition) is 0.